The van der Waals surface area contributed by atoms with Gasteiger partial charge < -0.3 is 5.32 Å². The zero-order valence-corrected chi connectivity index (χ0v) is 14.9. The van der Waals surface area contributed by atoms with Crippen molar-refractivity contribution in [3.63, 3.8) is 0 Å². The SMILES string of the molecule is CC(C)(C)CNC(=O)C[C@H](NS(C)(=O)=O)c1ccc(Cl)cc1. The summed E-state index contributed by atoms with van der Waals surface area (Å²) >= 11 is 5.84. The predicted molar refractivity (Wildman–Crippen MR) is 89.3 cm³/mol. The Balaban J connectivity index is 2.83. The molecule has 1 amide bonds. The highest BCUT2D eigenvalue weighted by molar-refractivity contribution is 7.88. The molecule has 2 N–H and O–H groups in total. The summed E-state index contributed by atoms with van der Waals surface area (Å²) < 4.78 is 25.5. The third kappa shape index (κ3) is 7.77. The molecule has 0 heterocycles. The summed E-state index contributed by atoms with van der Waals surface area (Å²) in [6.45, 7) is 6.56. The lowest BCUT2D eigenvalue weighted by Crippen LogP contribution is -2.36. The Bertz CT molecular complexity index is 607. The number of hydrogen-bond acceptors (Lipinski definition) is 3. The van der Waals surface area contributed by atoms with Crippen molar-refractivity contribution in [2.45, 2.75) is 33.2 Å². The lowest BCUT2D eigenvalue weighted by Gasteiger charge is -2.21. The van der Waals surface area contributed by atoms with E-state index in [1.165, 1.54) is 0 Å². The summed E-state index contributed by atoms with van der Waals surface area (Å²) in [6, 6.07) is 6.14. The van der Waals surface area contributed by atoms with Crippen LogP contribution in [-0.2, 0) is 14.8 Å². The van der Waals surface area contributed by atoms with Gasteiger partial charge in [0.15, 0.2) is 0 Å². The molecular weight excluding hydrogens is 324 g/mol. The zero-order valence-electron chi connectivity index (χ0n) is 13.3. The lowest BCUT2D eigenvalue weighted by atomic mass is 9.96. The van der Waals surface area contributed by atoms with Gasteiger partial charge in [0.25, 0.3) is 0 Å². The van der Waals surface area contributed by atoms with Crippen LogP contribution in [-0.4, -0.2) is 27.1 Å². The van der Waals surface area contributed by atoms with Gasteiger partial charge in [-0.25, -0.2) is 13.1 Å². The Morgan fingerprint density at radius 3 is 2.23 bits per heavy atom. The van der Waals surface area contributed by atoms with E-state index in [1.54, 1.807) is 24.3 Å². The van der Waals surface area contributed by atoms with E-state index in [4.69, 9.17) is 11.6 Å². The third-order valence-electron chi connectivity index (χ3n) is 2.83. The van der Waals surface area contributed by atoms with Gasteiger partial charge in [-0.2, -0.15) is 0 Å². The van der Waals surface area contributed by atoms with Gasteiger partial charge in [-0.3, -0.25) is 4.79 Å². The fourth-order valence-electron chi connectivity index (χ4n) is 1.80. The second-order valence-corrected chi connectivity index (χ2v) is 8.75. The average Bonchev–Trinajstić information content (AvgIpc) is 2.34. The van der Waals surface area contributed by atoms with Crippen LogP contribution in [0.5, 0.6) is 0 Å². The van der Waals surface area contributed by atoms with E-state index in [0.29, 0.717) is 17.1 Å². The van der Waals surface area contributed by atoms with Crippen molar-refractivity contribution in [1.29, 1.82) is 0 Å². The van der Waals surface area contributed by atoms with Gasteiger partial charge in [-0.1, -0.05) is 44.5 Å². The second-order valence-electron chi connectivity index (χ2n) is 6.54. The van der Waals surface area contributed by atoms with Gasteiger partial charge in [-0.15, -0.1) is 0 Å². The maximum atomic E-state index is 12.1. The van der Waals surface area contributed by atoms with Crippen LogP contribution in [0, 0.1) is 5.41 Å². The van der Waals surface area contributed by atoms with Crippen LogP contribution in [0.4, 0.5) is 0 Å². The number of rotatable bonds is 6. The molecule has 124 valence electrons. The standard InChI is InChI=1S/C15H23ClN2O3S/c1-15(2,3)10-17-14(19)9-13(18-22(4,20)21)11-5-7-12(16)8-6-11/h5-8,13,18H,9-10H2,1-4H3,(H,17,19)/t13-/m0/s1. The van der Waals surface area contributed by atoms with Crippen LogP contribution < -0.4 is 10.0 Å². The fourth-order valence-corrected chi connectivity index (χ4v) is 2.66. The molecule has 0 radical (unpaired) electrons. The first kappa shape index (κ1) is 18.9. The molecule has 0 unspecified atom stereocenters. The molecule has 0 spiro atoms. The first-order valence-electron chi connectivity index (χ1n) is 6.96. The van der Waals surface area contributed by atoms with Crippen molar-refractivity contribution in [2.24, 2.45) is 5.41 Å². The highest BCUT2D eigenvalue weighted by Crippen LogP contribution is 2.20. The molecule has 0 bridgehead atoms. The highest BCUT2D eigenvalue weighted by atomic mass is 35.5. The molecule has 0 saturated heterocycles. The number of hydrogen-bond donors (Lipinski definition) is 2. The molecule has 7 heteroatoms. The minimum Gasteiger partial charge on any atom is -0.356 e. The summed E-state index contributed by atoms with van der Waals surface area (Å²) in [4.78, 5) is 12.1. The maximum Gasteiger partial charge on any atom is 0.221 e. The fraction of sp³-hybridized carbons (Fsp3) is 0.533. The predicted octanol–water partition coefficient (Wildman–Crippen LogP) is 2.48. The smallest absolute Gasteiger partial charge is 0.221 e. The molecule has 0 fully saturated rings. The van der Waals surface area contributed by atoms with E-state index in [0.717, 1.165) is 6.26 Å². The summed E-state index contributed by atoms with van der Waals surface area (Å²) in [5.41, 5.74) is 0.663. The van der Waals surface area contributed by atoms with Crippen molar-refractivity contribution in [2.75, 3.05) is 12.8 Å². The van der Waals surface area contributed by atoms with Crippen molar-refractivity contribution >= 4 is 27.5 Å². The lowest BCUT2D eigenvalue weighted by molar-refractivity contribution is -0.121. The largest absolute Gasteiger partial charge is 0.356 e. The number of nitrogens with one attached hydrogen (secondary N) is 2. The van der Waals surface area contributed by atoms with E-state index in [1.807, 2.05) is 20.8 Å². The molecule has 22 heavy (non-hydrogen) atoms. The van der Waals surface area contributed by atoms with Crippen LogP contribution >= 0.6 is 11.6 Å². The molecule has 0 saturated carbocycles. The average molecular weight is 347 g/mol. The Hall–Kier alpha value is -1.11. The molecule has 0 aliphatic carbocycles. The molecular formula is C15H23ClN2O3S. The minimum absolute atomic E-state index is 0.0321. The molecule has 0 aromatic heterocycles. The van der Waals surface area contributed by atoms with Gasteiger partial charge in [0.1, 0.15) is 0 Å². The summed E-state index contributed by atoms with van der Waals surface area (Å²) in [7, 11) is -3.43. The van der Waals surface area contributed by atoms with Crippen LogP contribution in [0.3, 0.4) is 0 Å². The van der Waals surface area contributed by atoms with Gasteiger partial charge in [0, 0.05) is 18.0 Å². The quantitative estimate of drug-likeness (QED) is 0.830. The number of halogens is 1. The first-order chi connectivity index (χ1) is 9.96. The van der Waals surface area contributed by atoms with E-state index in [9.17, 15) is 13.2 Å². The molecule has 0 aliphatic rings. The number of carbonyl (C=O) groups is 1. The van der Waals surface area contributed by atoms with Crippen molar-refractivity contribution in [3.8, 4) is 0 Å². The van der Waals surface area contributed by atoms with Gasteiger partial charge in [-0.05, 0) is 23.1 Å². The first-order valence-corrected chi connectivity index (χ1v) is 9.23. The van der Waals surface area contributed by atoms with Crippen molar-refractivity contribution in [1.82, 2.24) is 10.0 Å². The van der Waals surface area contributed by atoms with E-state index in [2.05, 4.69) is 10.0 Å². The monoisotopic (exact) mass is 346 g/mol. The number of sulfonamides is 1. The molecule has 5 nitrogen and oxygen atoms in total. The van der Waals surface area contributed by atoms with Gasteiger partial charge in [0.2, 0.25) is 15.9 Å². The van der Waals surface area contributed by atoms with E-state index in [-0.39, 0.29) is 17.7 Å². The summed E-state index contributed by atoms with van der Waals surface area (Å²) in [5.74, 6) is -0.203. The Labute approximate surface area is 137 Å². The topological polar surface area (TPSA) is 75.3 Å². The van der Waals surface area contributed by atoms with E-state index < -0.39 is 16.1 Å². The Morgan fingerprint density at radius 1 is 1.23 bits per heavy atom. The number of amides is 1. The third-order valence-corrected chi connectivity index (χ3v) is 3.80. The molecule has 1 aromatic rings. The zero-order chi connectivity index (χ0) is 17.0. The van der Waals surface area contributed by atoms with E-state index >= 15 is 0 Å². The van der Waals surface area contributed by atoms with Crippen LogP contribution in [0.25, 0.3) is 0 Å². The Kier molecular flexibility index (Phi) is 6.40. The summed E-state index contributed by atoms with van der Waals surface area (Å²) in [5, 5.41) is 3.37. The Morgan fingerprint density at radius 2 is 1.77 bits per heavy atom. The minimum atomic E-state index is -3.43. The molecule has 0 aliphatic heterocycles. The maximum absolute atomic E-state index is 12.1. The number of carbonyl (C=O) groups excluding carboxylic acids is 1. The van der Waals surface area contributed by atoms with Crippen LogP contribution in [0.15, 0.2) is 24.3 Å². The van der Waals surface area contributed by atoms with Crippen LogP contribution in [0.2, 0.25) is 5.02 Å². The normalized spacial score (nSPS) is 13.7. The van der Waals surface area contributed by atoms with Crippen molar-refractivity contribution < 1.29 is 13.2 Å². The molecule has 1 aromatic carbocycles. The molecule has 1 atom stereocenters. The second kappa shape index (κ2) is 7.44. The van der Waals surface area contributed by atoms with Crippen molar-refractivity contribution in [3.05, 3.63) is 34.9 Å². The van der Waals surface area contributed by atoms with Crippen LogP contribution in [0.1, 0.15) is 38.8 Å². The molecule has 1 rings (SSSR count). The highest BCUT2D eigenvalue weighted by Gasteiger charge is 2.21. The summed E-state index contributed by atoms with van der Waals surface area (Å²) in [6.07, 6.45) is 1.10. The van der Waals surface area contributed by atoms with Gasteiger partial charge in [0.05, 0.1) is 12.3 Å². The number of benzene rings is 1. The van der Waals surface area contributed by atoms with Gasteiger partial charge >= 0.3 is 0 Å².